The van der Waals surface area contributed by atoms with Crippen LogP contribution in [0.25, 0.3) is 0 Å². The van der Waals surface area contributed by atoms with Crippen molar-refractivity contribution in [1.29, 1.82) is 0 Å². The molecule has 0 heterocycles. The van der Waals surface area contributed by atoms with Gasteiger partial charge in [-0.05, 0) is 11.5 Å². The average Bonchev–Trinajstić information content (AvgIpc) is 2.82. The minimum atomic E-state index is -0.429. The Morgan fingerprint density at radius 2 is 1.88 bits per heavy atom. The Balaban J connectivity index is 1.94. The zero-order chi connectivity index (χ0) is 11.4. The molecule has 2 rings (SSSR count). The van der Waals surface area contributed by atoms with Gasteiger partial charge in [0, 0.05) is 6.42 Å². The molecule has 0 amide bonds. The first kappa shape index (κ1) is 11.3. The summed E-state index contributed by atoms with van der Waals surface area (Å²) in [5.74, 6) is 0.778. The van der Waals surface area contributed by atoms with Gasteiger partial charge in [0.25, 0.3) is 0 Å². The van der Waals surface area contributed by atoms with Gasteiger partial charge in [0.2, 0.25) is 0 Å². The topological polar surface area (TPSA) is 43.1 Å². The van der Waals surface area contributed by atoms with Crippen molar-refractivity contribution >= 4 is 5.78 Å². The van der Waals surface area contributed by atoms with Crippen LogP contribution < -0.4 is 5.73 Å². The van der Waals surface area contributed by atoms with Gasteiger partial charge in [-0.25, -0.2) is 0 Å². The lowest BCUT2D eigenvalue weighted by Crippen LogP contribution is -2.23. The predicted octanol–water partition coefficient (Wildman–Crippen LogP) is 2.84. The van der Waals surface area contributed by atoms with Crippen molar-refractivity contribution in [3.63, 3.8) is 0 Å². The molecule has 1 aromatic carbocycles. The maximum atomic E-state index is 12.0. The van der Waals surface area contributed by atoms with Crippen LogP contribution in [0.15, 0.2) is 30.3 Å². The molecule has 16 heavy (non-hydrogen) atoms. The van der Waals surface area contributed by atoms with Crippen LogP contribution >= 0.6 is 0 Å². The SMILES string of the molecule is N[C@@H](C(=O)CC1CCCC1)c1ccccc1. The van der Waals surface area contributed by atoms with E-state index in [9.17, 15) is 4.79 Å². The normalized spacial score (nSPS) is 18.6. The number of nitrogens with two attached hydrogens (primary N) is 1. The zero-order valence-corrected chi connectivity index (χ0v) is 9.56. The molecule has 2 nitrogen and oxygen atoms in total. The molecule has 1 aliphatic rings. The molecule has 0 spiro atoms. The van der Waals surface area contributed by atoms with Crippen molar-refractivity contribution in [2.24, 2.45) is 11.7 Å². The lowest BCUT2D eigenvalue weighted by Gasteiger charge is -2.13. The van der Waals surface area contributed by atoms with Gasteiger partial charge in [0.05, 0.1) is 6.04 Å². The first-order chi connectivity index (χ1) is 7.77. The van der Waals surface area contributed by atoms with E-state index in [1.54, 1.807) is 0 Å². The highest BCUT2D eigenvalue weighted by Crippen LogP contribution is 2.29. The van der Waals surface area contributed by atoms with E-state index in [0.717, 1.165) is 5.56 Å². The van der Waals surface area contributed by atoms with E-state index < -0.39 is 6.04 Å². The minimum absolute atomic E-state index is 0.193. The molecule has 0 bridgehead atoms. The molecule has 1 aliphatic carbocycles. The first-order valence-electron chi connectivity index (χ1n) is 6.10. The fourth-order valence-electron chi connectivity index (χ4n) is 2.47. The third-order valence-corrected chi connectivity index (χ3v) is 3.47. The third-order valence-electron chi connectivity index (χ3n) is 3.47. The minimum Gasteiger partial charge on any atom is -0.318 e. The highest BCUT2D eigenvalue weighted by atomic mass is 16.1. The van der Waals surface area contributed by atoms with Gasteiger partial charge in [-0.1, -0.05) is 56.0 Å². The van der Waals surface area contributed by atoms with Gasteiger partial charge in [0.1, 0.15) is 0 Å². The average molecular weight is 217 g/mol. The van der Waals surface area contributed by atoms with E-state index in [2.05, 4.69) is 0 Å². The van der Waals surface area contributed by atoms with Gasteiger partial charge in [-0.2, -0.15) is 0 Å². The van der Waals surface area contributed by atoms with Crippen molar-refractivity contribution in [2.75, 3.05) is 0 Å². The smallest absolute Gasteiger partial charge is 0.154 e. The molecule has 0 saturated heterocycles. The van der Waals surface area contributed by atoms with Gasteiger partial charge in [-0.3, -0.25) is 4.79 Å². The number of benzene rings is 1. The molecule has 0 radical (unpaired) electrons. The van der Waals surface area contributed by atoms with Crippen LogP contribution in [0.5, 0.6) is 0 Å². The summed E-state index contributed by atoms with van der Waals surface area (Å²) in [5.41, 5.74) is 6.90. The lowest BCUT2D eigenvalue weighted by atomic mass is 9.94. The van der Waals surface area contributed by atoms with Crippen LogP contribution in [0.3, 0.4) is 0 Å². The largest absolute Gasteiger partial charge is 0.318 e. The summed E-state index contributed by atoms with van der Waals surface area (Å²) in [6, 6.07) is 9.23. The molecule has 0 aromatic heterocycles. The summed E-state index contributed by atoms with van der Waals surface area (Å²) in [6.45, 7) is 0. The molecule has 0 aliphatic heterocycles. The van der Waals surface area contributed by atoms with Gasteiger partial charge in [-0.15, -0.1) is 0 Å². The van der Waals surface area contributed by atoms with Crippen LogP contribution in [0, 0.1) is 5.92 Å². The van der Waals surface area contributed by atoms with E-state index in [-0.39, 0.29) is 5.78 Å². The second-order valence-electron chi connectivity index (χ2n) is 4.71. The molecule has 1 aromatic rings. The van der Waals surface area contributed by atoms with E-state index in [1.165, 1.54) is 25.7 Å². The monoisotopic (exact) mass is 217 g/mol. The molecule has 86 valence electrons. The van der Waals surface area contributed by atoms with Crippen molar-refractivity contribution in [3.05, 3.63) is 35.9 Å². The molecular weight excluding hydrogens is 198 g/mol. The Morgan fingerprint density at radius 3 is 2.50 bits per heavy atom. The van der Waals surface area contributed by atoms with Gasteiger partial charge < -0.3 is 5.73 Å². The molecule has 2 N–H and O–H groups in total. The van der Waals surface area contributed by atoms with Crippen molar-refractivity contribution in [2.45, 2.75) is 38.1 Å². The van der Waals surface area contributed by atoms with E-state index in [1.807, 2.05) is 30.3 Å². The summed E-state index contributed by atoms with van der Waals surface area (Å²) >= 11 is 0. The van der Waals surface area contributed by atoms with Crippen molar-refractivity contribution < 1.29 is 4.79 Å². The zero-order valence-electron chi connectivity index (χ0n) is 9.56. The number of hydrogen-bond donors (Lipinski definition) is 1. The van der Waals surface area contributed by atoms with Crippen molar-refractivity contribution in [1.82, 2.24) is 0 Å². The van der Waals surface area contributed by atoms with E-state index in [4.69, 9.17) is 5.73 Å². The Hall–Kier alpha value is -1.15. The Kier molecular flexibility index (Phi) is 3.73. The summed E-state index contributed by atoms with van der Waals surface area (Å²) in [4.78, 5) is 12.0. The molecule has 1 fully saturated rings. The lowest BCUT2D eigenvalue weighted by molar-refractivity contribution is -0.121. The summed E-state index contributed by atoms with van der Waals surface area (Å²) in [6.07, 6.45) is 5.62. The second kappa shape index (κ2) is 5.26. The Morgan fingerprint density at radius 1 is 1.25 bits per heavy atom. The quantitative estimate of drug-likeness (QED) is 0.842. The number of rotatable bonds is 4. The van der Waals surface area contributed by atoms with Crippen molar-refractivity contribution in [3.8, 4) is 0 Å². The van der Waals surface area contributed by atoms with Crippen LogP contribution in [0.2, 0.25) is 0 Å². The van der Waals surface area contributed by atoms with Crippen LogP contribution in [-0.4, -0.2) is 5.78 Å². The number of hydrogen-bond acceptors (Lipinski definition) is 2. The number of carbonyl (C=O) groups is 1. The van der Waals surface area contributed by atoms with Gasteiger partial charge >= 0.3 is 0 Å². The summed E-state index contributed by atoms with van der Waals surface area (Å²) in [5, 5.41) is 0. The fourth-order valence-corrected chi connectivity index (χ4v) is 2.47. The maximum absolute atomic E-state index is 12.0. The standard InChI is InChI=1S/C14H19NO/c15-14(12-8-2-1-3-9-12)13(16)10-11-6-4-5-7-11/h1-3,8-9,11,14H,4-7,10,15H2/t14-/m1/s1. The summed E-state index contributed by atoms with van der Waals surface area (Å²) < 4.78 is 0. The Bertz CT molecular complexity index is 341. The van der Waals surface area contributed by atoms with Crippen LogP contribution in [-0.2, 0) is 4.79 Å². The number of Topliss-reactive ketones (excluding diaryl/α,β-unsaturated/α-hetero) is 1. The first-order valence-corrected chi connectivity index (χ1v) is 6.10. The van der Waals surface area contributed by atoms with Gasteiger partial charge in [0.15, 0.2) is 5.78 Å². The van der Waals surface area contributed by atoms with Crippen LogP contribution in [0.1, 0.15) is 43.7 Å². The van der Waals surface area contributed by atoms with E-state index >= 15 is 0 Å². The number of carbonyl (C=O) groups excluding carboxylic acids is 1. The second-order valence-corrected chi connectivity index (χ2v) is 4.71. The molecule has 1 atom stereocenters. The van der Waals surface area contributed by atoms with E-state index in [0.29, 0.717) is 12.3 Å². The highest BCUT2D eigenvalue weighted by Gasteiger charge is 2.22. The molecule has 1 saturated carbocycles. The highest BCUT2D eigenvalue weighted by molar-refractivity contribution is 5.85. The summed E-state index contributed by atoms with van der Waals surface area (Å²) in [7, 11) is 0. The fraction of sp³-hybridized carbons (Fsp3) is 0.500. The molecule has 0 unspecified atom stereocenters. The predicted molar refractivity (Wildman–Crippen MR) is 65.0 cm³/mol. The maximum Gasteiger partial charge on any atom is 0.154 e. The molecular formula is C14H19NO. The third kappa shape index (κ3) is 2.70. The van der Waals surface area contributed by atoms with Crippen LogP contribution in [0.4, 0.5) is 0 Å². The Labute approximate surface area is 96.8 Å². The molecule has 2 heteroatoms. The number of ketones is 1.